The number of β-lactam (4-membered cyclic amide) rings is 1. The Hall–Kier alpha value is -2.40. The van der Waals surface area contributed by atoms with Crippen molar-refractivity contribution in [3.63, 3.8) is 0 Å². The summed E-state index contributed by atoms with van der Waals surface area (Å²) in [6.07, 6.45) is 0. The summed E-state index contributed by atoms with van der Waals surface area (Å²) in [5.41, 5.74) is 0.921. The molecular weight excluding hydrogens is 316 g/mol. The number of nitro benzene ring substituents is 1. The van der Waals surface area contributed by atoms with Gasteiger partial charge in [0, 0.05) is 22.8 Å². The molecule has 1 unspecified atom stereocenters. The summed E-state index contributed by atoms with van der Waals surface area (Å²) in [7, 11) is 0. The normalized spacial score (nSPS) is 19.3. The van der Waals surface area contributed by atoms with Gasteiger partial charge in [0.1, 0.15) is 0 Å². The largest absolute Gasteiger partial charge is 0.303 e. The second-order valence-corrected chi connectivity index (χ2v) is 6.50. The molecule has 118 valence electrons. The fourth-order valence-electron chi connectivity index (χ4n) is 3.03. The zero-order valence-corrected chi connectivity index (χ0v) is 13.4. The van der Waals surface area contributed by atoms with Gasteiger partial charge in [0.15, 0.2) is 0 Å². The molecule has 23 heavy (non-hydrogen) atoms. The van der Waals surface area contributed by atoms with Crippen LogP contribution >= 0.6 is 11.6 Å². The Balaban J connectivity index is 2.02. The standard InChI is InChI=1S/C17H15ClN2O3/c1-17(2)15(13-5-3-4-6-14(13)18)19(16(17)21)11-7-9-12(10-8-11)20(22)23/h3-10,15H,1-2H3. The molecule has 1 amide bonds. The van der Waals surface area contributed by atoms with Crippen molar-refractivity contribution in [3.8, 4) is 0 Å². The minimum atomic E-state index is -0.577. The summed E-state index contributed by atoms with van der Waals surface area (Å²) in [6, 6.07) is 13.2. The number of halogens is 1. The van der Waals surface area contributed by atoms with Crippen molar-refractivity contribution >= 4 is 28.9 Å². The highest BCUT2D eigenvalue weighted by atomic mass is 35.5. The maximum atomic E-state index is 12.5. The lowest BCUT2D eigenvalue weighted by molar-refractivity contribution is -0.384. The molecule has 1 fully saturated rings. The summed E-state index contributed by atoms with van der Waals surface area (Å²) in [5.74, 6) is -0.0312. The maximum absolute atomic E-state index is 12.5. The summed E-state index contributed by atoms with van der Waals surface area (Å²) in [5, 5.41) is 11.4. The van der Waals surface area contributed by atoms with Crippen LogP contribution in [0.4, 0.5) is 11.4 Å². The second kappa shape index (κ2) is 5.35. The Labute approximate surface area is 138 Å². The van der Waals surface area contributed by atoms with Gasteiger partial charge >= 0.3 is 0 Å². The van der Waals surface area contributed by atoms with Crippen LogP contribution in [0.3, 0.4) is 0 Å². The van der Waals surface area contributed by atoms with Crippen molar-refractivity contribution < 1.29 is 9.72 Å². The monoisotopic (exact) mass is 330 g/mol. The highest BCUT2D eigenvalue weighted by Gasteiger charge is 2.55. The first-order valence-corrected chi connectivity index (χ1v) is 7.54. The number of carbonyl (C=O) groups is 1. The molecule has 1 heterocycles. The van der Waals surface area contributed by atoms with Crippen LogP contribution in [0, 0.1) is 15.5 Å². The highest BCUT2D eigenvalue weighted by Crippen LogP contribution is 2.53. The summed E-state index contributed by atoms with van der Waals surface area (Å²) < 4.78 is 0. The van der Waals surface area contributed by atoms with Gasteiger partial charge < -0.3 is 4.90 Å². The number of nitrogens with zero attached hydrogens (tertiary/aromatic N) is 2. The molecule has 1 saturated heterocycles. The lowest BCUT2D eigenvalue weighted by atomic mass is 9.70. The molecule has 0 bridgehead atoms. The molecule has 3 rings (SSSR count). The number of hydrogen-bond donors (Lipinski definition) is 0. The van der Waals surface area contributed by atoms with Gasteiger partial charge in [-0.05, 0) is 37.6 Å². The summed E-state index contributed by atoms with van der Waals surface area (Å²) >= 11 is 6.30. The van der Waals surface area contributed by atoms with Gasteiger partial charge in [0.05, 0.1) is 16.4 Å². The number of rotatable bonds is 3. The van der Waals surface area contributed by atoms with Crippen molar-refractivity contribution in [2.75, 3.05) is 4.90 Å². The molecule has 1 aliphatic heterocycles. The number of amides is 1. The van der Waals surface area contributed by atoms with Crippen LogP contribution in [-0.4, -0.2) is 10.8 Å². The average Bonchev–Trinajstić information content (AvgIpc) is 2.53. The second-order valence-electron chi connectivity index (χ2n) is 6.09. The molecule has 2 aromatic carbocycles. The van der Waals surface area contributed by atoms with E-state index in [1.165, 1.54) is 12.1 Å². The molecule has 1 atom stereocenters. The smallest absolute Gasteiger partial charge is 0.269 e. The van der Waals surface area contributed by atoms with Crippen LogP contribution in [0.2, 0.25) is 5.02 Å². The van der Waals surface area contributed by atoms with Crippen LogP contribution in [0.25, 0.3) is 0 Å². The van der Waals surface area contributed by atoms with E-state index < -0.39 is 10.3 Å². The van der Waals surface area contributed by atoms with E-state index in [0.717, 1.165) is 5.56 Å². The van der Waals surface area contributed by atoms with Crippen LogP contribution in [0.15, 0.2) is 48.5 Å². The molecule has 5 nitrogen and oxygen atoms in total. The van der Waals surface area contributed by atoms with Crippen LogP contribution in [0.1, 0.15) is 25.5 Å². The van der Waals surface area contributed by atoms with E-state index in [2.05, 4.69) is 0 Å². The number of non-ortho nitro benzene ring substituents is 1. The van der Waals surface area contributed by atoms with Gasteiger partial charge in [0.2, 0.25) is 5.91 Å². The van der Waals surface area contributed by atoms with Crippen LogP contribution in [0.5, 0.6) is 0 Å². The Morgan fingerprint density at radius 1 is 1.13 bits per heavy atom. The van der Waals surface area contributed by atoms with Gasteiger partial charge in [-0.25, -0.2) is 0 Å². The van der Waals surface area contributed by atoms with E-state index in [1.807, 2.05) is 32.0 Å². The number of benzene rings is 2. The van der Waals surface area contributed by atoms with Crippen molar-refractivity contribution in [1.82, 2.24) is 0 Å². The van der Waals surface area contributed by atoms with Crippen molar-refractivity contribution in [2.45, 2.75) is 19.9 Å². The van der Waals surface area contributed by atoms with Gasteiger partial charge in [-0.15, -0.1) is 0 Å². The topological polar surface area (TPSA) is 63.5 Å². The van der Waals surface area contributed by atoms with E-state index in [9.17, 15) is 14.9 Å². The predicted octanol–water partition coefficient (Wildman–Crippen LogP) is 4.36. The Kier molecular flexibility index (Phi) is 3.60. The van der Waals surface area contributed by atoms with Gasteiger partial charge in [-0.1, -0.05) is 29.8 Å². The number of anilines is 1. The quantitative estimate of drug-likeness (QED) is 0.477. The molecule has 0 N–H and O–H groups in total. The van der Waals surface area contributed by atoms with Crippen molar-refractivity contribution in [3.05, 3.63) is 69.2 Å². The molecule has 0 radical (unpaired) electrons. The van der Waals surface area contributed by atoms with Gasteiger partial charge in [0.25, 0.3) is 5.69 Å². The summed E-state index contributed by atoms with van der Waals surface area (Å²) in [4.78, 5) is 24.5. The lowest BCUT2D eigenvalue weighted by Gasteiger charge is -2.53. The number of hydrogen-bond acceptors (Lipinski definition) is 3. The molecular formula is C17H15ClN2O3. The first kappa shape index (κ1) is 15.5. The zero-order chi connectivity index (χ0) is 16.8. The first-order chi connectivity index (χ1) is 10.8. The molecule has 2 aromatic rings. The minimum absolute atomic E-state index is 0.00437. The zero-order valence-electron chi connectivity index (χ0n) is 12.7. The van der Waals surface area contributed by atoms with E-state index in [1.54, 1.807) is 23.1 Å². The minimum Gasteiger partial charge on any atom is -0.303 e. The average molecular weight is 331 g/mol. The lowest BCUT2D eigenvalue weighted by Crippen LogP contribution is -2.61. The van der Waals surface area contributed by atoms with E-state index in [-0.39, 0.29) is 17.6 Å². The van der Waals surface area contributed by atoms with Crippen LogP contribution < -0.4 is 4.90 Å². The maximum Gasteiger partial charge on any atom is 0.269 e. The number of nitro groups is 1. The Morgan fingerprint density at radius 3 is 2.30 bits per heavy atom. The number of carbonyl (C=O) groups excluding carboxylic acids is 1. The fraction of sp³-hybridized carbons (Fsp3) is 0.235. The van der Waals surface area contributed by atoms with E-state index in [4.69, 9.17) is 11.6 Å². The van der Waals surface area contributed by atoms with Gasteiger partial charge in [-0.2, -0.15) is 0 Å². The first-order valence-electron chi connectivity index (χ1n) is 7.16. The third-order valence-corrected chi connectivity index (χ3v) is 4.59. The molecule has 0 aliphatic carbocycles. The van der Waals surface area contributed by atoms with Crippen LogP contribution in [-0.2, 0) is 4.79 Å². The predicted molar refractivity (Wildman–Crippen MR) is 88.6 cm³/mol. The molecule has 0 spiro atoms. The third-order valence-electron chi connectivity index (χ3n) is 4.25. The Bertz CT molecular complexity index is 787. The van der Waals surface area contributed by atoms with Crippen molar-refractivity contribution in [2.24, 2.45) is 5.41 Å². The van der Waals surface area contributed by atoms with E-state index >= 15 is 0 Å². The summed E-state index contributed by atoms with van der Waals surface area (Å²) in [6.45, 7) is 3.76. The third kappa shape index (κ3) is 2.37. The molecule has 0 aromatic heterocycles. The Morgan fingerprint density at radius 2 is 1.74 bits per heavy atom. The van der Waals surface area contributed by atoms with Crippen molar-refractivity contribution in [1.29, 1.82) is 0 Å². The highest BCUT2D eigenvalue weighted by molar-refractivity contribution is 6.31. The molecule has 6 heteroatoms. The fourth-order valence-corrected chi connectivity index (χ4v) is 3.27. The SMILES string of the molecule is CC1(C)C(=O)N(c2ccc([N+](=O)[O-])cc2)C1c1ccccc1Cl. The molecule has 1 aliphatic rings. The van der Waals surface area contributed by atoms with E-state index in [0.29, 0.717) is 10.7 Å². The van der Waals surface area contributed by atoms with Gasteiger partial charge in [-0.3, -0.25) is 14.9 Å². The molecule has 0 saturated carbocycles.